The monoisotopic (exact) mass is 517 g/mol. The van der Waals surface area contributed by atoms with Gasteiger partial charge in [0.2, 0.25) is 5.91 Å². The quantitative estimate of drug-likeness (QED) is 0.482. The SMILES string of the molecule is O=C(CN(c1cc(C(F)(F)F)c(Cl)cc1Cl)S(=O)(=O)c1ccccc1)NCc1ccncc1. The summed E-state index contributed by atoms with van der Waals surface area (Å²) < 4.78 is 67.4. The fraction of sp³-hybridized carbons (Fsp3) is 0.143. The van der Waals surface area contributed by atoms with Crippen molar-refractivity contribution in [2.75, 3.05) is 10.8 Å². The second-order valence-corrected chi connectivity index (χ2v) is 9.41. The normalized spacial score (nSPS) is 11.8. The lowest BCUT2D eigenvalue weighted by atomic mass is 10.2. The summed E-state index contributed by atoms with van der Waals surface area (Å²) in [5, 5.41) is 1.47. The first-order chi connectivity index (χ1) is 15.5. The van der Waals surface area contributed by atoms with Crippen molar-refractivity contribution in [1.82, 2.24) is 10.3 Å². The molecule has 33 heavy (non-hydrogen) atoms. The standard InChI is InChI=1S/C21H16Cl2F3N3O3S/c22-17-11-18(23)19(10-16(17)21(24,25)26)29(33(31,32)15-4-2-1-3-5-15)13-20(30)28-12-14-6-8-27-9-7-14/h1-11H,12-13H2,(H,28,30). The van der Waals surface area contributed by atoms with E-state index in [-0.39, 0.29) is 16.5 Å². The first-order valence-electron chi connectivity index (χ1n) is 9.30. The molecule has 0 bridgehead atoms. The molecule has 0 atom stereocenters. The Labute approximate surface area is 198 Å². The predicted octanol–water partition coefficient (Wildman–Crippen LogP) is 4.92. The Morgan fingerprint density at radius 3 is 2.24 bits per heavy atom. The number of benzene rings is 2. The molecule has 2 aromatic carbocycles. The van der Waals surface area contributed by atoms with Crippen LogP contribution in [-0.2, 0) is 27.5 Å². The minimum Gasteiger partial charge on any atom is -0.350 e. The number of pyridine rings is 1. The van der Waals surface area contributed by atoms with Crippen molar-refractivity contribution in [3.8, 4) is 0 Å². The van der Waals surface area contributed by atoms with Crippen molar-refractivity contribution in [2.24, 2.45) is 0 Å². The van der Waals surface area contributed by atoms with E-state index in [1.54, 1.807) is 18.2 Å². The molecule has 0 radical (unpaired) electrons. The third-order valence-electron chi connectivity index (χ3n) is 4.47. The summed E-state index contributed by atoms with van der Waals surface area (Å²) in [6, 6.07) is 11.6. The van der Waals surface area contributed by atoms with Gasteiger partial charge in [-0.25, -0.2) is 8.42 Å². The molecule has 1 amide bonds. The highest BCUT2D eigenvalue weighted by Crippen LogP contribution is 2.41. The highest BCUT2D eigenvalue weighted by Gasteiger charge is 2.36. The molecule has 6 nitrogen and oxygen atoms in total. The Morgan fingerprint density at radius 1 is 1.00 bits per heavy atom. The zero-order valence-electron chi connectivity index (χ0n) is 16.7. The smallest absolute Gasteiger partial charge is 0.350 e. The summed E-state index contributed by atoms with van der Waals surface area (Å²) >= 11 is 11.8. The molecular formula is C21H16Cl2F3N3O3S. The lowest BCUT2D eigenvalue weighted by Gasteiger charge is -2.26. The molecule has 174 valence electrons. The van der Waals surface area contributed by atoms with Crippen LogP contribution in [0.2, 0.25) is 10.0 Å². The molecule has 0 fully saturated rings. The Kier molecular flexibility index (Phi) is 7.51. The minimum atomic E-state index is -4.87. The van der Waals surface area contributed by atoms with Gasteiger partial charge < -0.3 is 5.32 Å². The molecule has 3 aromatic rings. The molecule has 12 heteroatoms. The van der Waals surface area contributed by atoms with E-state index in [0.29, 0.717) is 15.9 Å². The number of halogens is 5. The van der Waals surface area contributed by atoms with Gasteiger partial charge in [0.25, 0.3) is 10.0 Å². The summed E-state index contributed by atoms with van der Waals surface area (Å²) in [6.45, 7) is -0.760. The molecule has 0 spiro atoms. The van der Waals surface area contributed by atoms with Crippen LogP contribution in [0, 0.1) is 0 Å². The number of alkyl halides is 3. The van der Waals surface area contributed by atoms with Gasteiger partial charge in [-0.3, -0.25) is 14.1 Å². The Hall–Kier alpha value is -2.82. The van der Waals surface area contributed by atoms with E-state index < -0.39 is 44.9 Å². The van der Waals surface area contributed by atoms with Crippen LogP contribution in [0.1, 0.15) is 11.1 Å². The number of nitrogens with one attached hydrogen (secondary N) is 1. The van der Waals surface area contributed by atoms with Crippen LogP contribution < -0.4 is 9.62 Å². The zero-order chi connectivity index (χ0) is 24.2. The molecule has 1 heterocycles. The predicted molar refractivity (Wildman–Crippen MR) is 119 cm³/mol. The maximum atomic E-state index is 13.4. The van der Waals surface area contributed by atoms with Crippen molar-refractivity contribution >= 4 is 44.8 Å². The van der Waals surface area contributed by atoms with Crippen molar-refractivity contribution in [1.29, 1.82) is 0 Å². The van der Waals surface area contributed by atoms with Crippen LogP contribution in [0.5, 0.6) is 0 Å². The maximum absolute atomic E-state index is 13.4. The van der Waals surface area contributed by atoms with E-state index in [4.69, 9.17) is 23.2 Å². The van der Waals surface area contributed by atoms with Gasteiger partial charge in [-0.2, -0.15) is 13.2 Å². The maximum Gasteiger partial charge on any atom is 0.417 e. The van der Waals surface area contributed by atoms with Crippen LogP contribution in [0.25, 0.3) is 0 Å². The van der Waals surface area contributed by atoms with E-state index in [1.807, 2.05) is 0 Å². The molecule has 0 saturated carbocycles. The Bertz CT molecular complexity index is 1240. The van der Waals surface area contributed by atoms with Crippen LogP contribution in [0.3, 0.4) is 0 Å². The van der Waals surface area contributed by atoms with Gasteiger partial charge in [0.1, 0.15) is 6.54 Å². The van der Waals surface area contributed by atoms with Gasteiger partial charge in [0.15, 0.2) is 0 Å². The van der Waals surface area contributed by atoms with Crippen molar-refractivity contribution in [2.45, 2.75) is 17.6 Å². The van der Waals surface area contributed by atoms with Gasteiger partial charge in [0, 0.05) is 18.9 Å². The van der Waals surface area contributed by atoms with Crippen LogP contribution in [0.4, 0.5) is 18.9 Å². The van der Waals surface area contributed by atoms with Crippen LogP contribution in [-0.4, -0.2) is 25.9 Å². The molecule has 3 rings (SSSR count). The molecule has 0 aliphatic rings. The molecule has 0 aliphatic carbocycles. The number of aromatic nitrogens is 1. The number of sulfonamides is 1. The largest absolute Gasteiger partial charge is 0.417 e. The third-order valence-corrected chi connectivity index (χ3v) is 6.86. The van der Waals surface area contributed by atoms with Crippen molar-refractivity contribution in [3.05, 3.63) is 88.2 Å². The van der Waals surface area contributed by atoms with Gasteiger partial charge >= 0.3 is 6.18 Å². The fourth-order valence-corrected chi connectivity index (χ4v) is 4.95. The molecule has 0 aliphatic heterocycles. The summed E-state index contributed by atoms with van der Waals surface area (Å²) in [7, 11) is -4.46. The van der Waals surface area contributed by atoms with Crippen LogP contribution >= 0.6 is 23.2 Å². The molecular weight excluding hydrogens is 502 g/mol. The topological polar surface area (TPSA) is 79.4 Å². The number of anilines is 1. The Morgan fingerprint density at radius 2 is 1.64 bits per heavy atom. The van der Waals surface area contributed by atoms with E-state index in [0.717, 1.165) is 6.07 Å². The van der Waals surface area contributed by atoms with Gasteiger partial charge in [-0.15, -0.1) is 0 Å². The summed E-state index contributed by atoms with van der Waals surface area (Å²) in [4.78, 5) is 16.2. The first-order valence-corrected chi connectivity index (χ1v) is 11.5. The third kappa shape index (κ3) is 5.95. The number of carbonyl (C=O) groups excluding carboxylic acids is 1. The van der Waals surface area contributed by atoms with Crippen molar-refractivity contribution in [3.63, 3.8) is 0 Å². The van der Waals surface area contributed by atoms with Gasteiger partial charge in [0.05, 0.1) is 26.2 Å². The summed E-state index contributed by atoms with van der Waals surface area (Å²) in [5.41, 5.74) is -1.12. The number of hydrogen-bond acceptors (Lipinski definition) is 4. The second-order valence-electron chi connectivity index (χ2n) is 6.74. The van der Waals surface area contributed by atoms with Crippen molar-refractivity contribution < 1.29 is 26.4 Å². The van der Waals surface area contributed by atoms with Crippen LogP contribution in [0.15, 0.2) is 71.9 Å². The highest BCUT2D eigenvalue weighted by molar-refractivity contribution is 7.92. The zero-order valence-corrected chi connectivity index (χ0v) is 19.0. The van der Waals surface area contributed by atoms with Gasteiger partial charge in [-0.05, 0) is 42.0 Å². The fourth-order valence-electron chi connectivity index (χ4n) is 2.85. The lowest BCUT2D eigenvalue weighted by molar-refractivity contribution is -0.137. The lowest BCUT2D eigenvalue weighted by Crippen LogP contribution is -2.41. The molecule has 1 aromatic heterocycles. The minimum absolute atomic E-state index is 0.0583. The number of hydrogen-bond donors (Lipinski definition) is 1. The summed E-state index contributed by atoms with van der Waals surface area (Å²) in [5.74, 6) is -0.758. The van der Waals surface area contributed by atoms with Gasteiger partial charge in [-0.1, -0.05) is 41.4 Å². The molecule has 0 unspecified atom stereocenters. The average Bonchev–Trinajstić information content (AvgIpc) is 2.77. The number of carbonyl (C=O) groups is 1. The average molecular weight is 518 g/mol. The van der Waals surface area contributed by atoms with E-state index in [9.17, 15) is 26.4 Å². The highest BCUT2D eigenvalue weighted by atomic mass is 35.5. The number of nitrogens with zero attached hydrogens (tertiary/aromatic N) is 2. The van der Waals surface area contributed by atoms with E-state index >= 15 is 0 Å². The Balaban J connectivity index is 2.02. The second kappa shape index (κ2) is 9.98. The first kappa shape index (κ1) is 24.8. The number of amides is 1. The summed E-state index contributed by atoms with van der Waals surface area (Å²) in [6.07, 6.45) is -1.85. The van der Waals surface area contributed by atoms with E-state index in [2.05, 4.69) is 10.3 Å². The molecule has 0 saturated heterocycles. The number of rotatable bonds is 7. The van der Waals surface area contributed by atoms with E-state index in [1.165, 1.54) is 36.7 Å². The molecule has 1 N–H and O–H groups in total.